The molecule has 0 atom stereocenters. The Bertz CT molecular complexity index is 332. The molecule has 1 aromatic carbocycles. The molecule has 5 heteroatoms. The van der Waals surface area contributed by atoms with Crippen molar-refractivity contribution in [1.82, 2.24) is 0 Å². The number of carbonyl (C=O) groups is 2. The average molecular weight is 194 g/mol. The number of amides is 2. The molecule has 0 aliphatic rings. The summed E-state index contributed by atoms with van der Waals surface area (Å²) in [4.78, 5) is 21.1. The lowest BCUT2D eigenvalue weighted by molar-refractivity contribution is -0.114. The van der Waals surface area contributed by atoms with Gasteiger partial charge in [0.2, 0.25) is 5.91 Å². The van der Waals surface area contributed by atoms with Crippen LogP contribution in [0, 0.1) is 0 Å². The Morgan fingerprint density at radius 1 is 1.43 bits per heavy atom. The van der Waals surface area contributed by atoms with Crippen molar-refractivity contribution in [3.63, 3.8) is 0 Å². The van der Waals surface area contributed by atoms with Crippen molar-refractivity contribution in [2.75, 3.05) is 5.32 Å². The van der Waals surface area contributed by atoms with Gasteiger partial charge in [0.1, 0.15) is 5.75 Å². The van der Waals surface area contributed by atoms with Gasteiger partial charge < -0.3 is 15.8 Å². The molecule has 0 aliphatic heterocycles. The van der Waals surface area contributed by atoms with Crippen LogP contribution in [0.1, 0.15) is 6.92 Å². The van der Waals surface area contributed by atoms with E-state index in [4.69, 9.17) is 5.73 Å². The number of rotatable bonds is 2. The van der Waals surface area contributed by atoms with Gasteiger partial charge in [-0.05, 0) is 12.1 Å². The van der Waals surface area contributed by atoms with Crippen LogP contribution in [-0.2, 0) is 4.79 Å². The first kappa shape index (κ1) is 10.0. The SMILES string of the molecule is CC(=O)Nc1cccc(OC(N)=O)c1. The van der Waals surface area contributed by atoms with Crippen molar-refractivity contribution in [3.8, 4) is 5.75 Å². The summed E-state index contributed by atoms with van der Waals surface area (Å²) in [6, 6.07) is 6.39. The third-order valence-corrected chi connectivity index (χ3v) is 1.37. The minimum absolute atomic E-state index is 0.193. The molecule has 0 saturated carbocycles. The molecular weight excluding hydrogens is 184 g/mol. The summed E-state index contributed by atoms with van der Waals surface area (Å²) in [5.74, 6) is 0.102. The first-order valence-electron chi connectivity index (χ1n) is 3.93. The number of hydrogen-bond acceptors (Lipinski definition) is 3. The predicted molar refractivity (Wildman–Crippen MR) is 51.0 cm³/mol. The smallest absolute Gasteiger partial charge is 0.409 e. The second-order valence-corrected chi connectivity index (χ2v) is 2.63. The number of primary amides is 1. The molecule has 1 rings (SSSR count). The van der Waals surface area contributed by atoms with E-state index >= 15 is 0 Å². The first-order chi connectivity index (χ1) is 6.58. The number of nitrogens with one attached hydrogen (secondary N) is 1. The van der Waals surface area contributed by atoms with Gasteiger partial charge in [0.15, 0.2) is 0 Å². The minimum Gasteiger partial charge on any atom is -0.410 e. The largest absolute Gasteiger partial charge is 0.410 e. The van der Waals surface area contributed by atoms with Crippen LogP contribution >= 0.6 is 0 Å². The van der Waals surface area contributed by atoms with Gasteiger partial charge in [-0.25, -0.2) is 4.79 Å². The van der Waals surface area contributed by atoms with Crippen LogP contribution < -0.4 is 15.8 Å². The fourth-order valence-corrected chi connectivity index (χ4v) is 0.957. The number of nitrogens with two attached hydrogens (primary N) is 1. The van der Waals surface area contributed by atoms with Crippen LogP contribution in [0.2, 0.25) is 0 Å². The summed E-state index contributed by atoms with van der Waals surface area (Å²) in [5, 5.41) is 2.55. The molecule has 0 unspecified atom stereocenters. The highest BCUT2D eigenvalue weighted by Crippen LogP contribution is 2.16. The number of ether oxygens (including phenoxy) is 1. The summed E-state index contributed by atoms with van der Waals surface area (Å²) in [7, 11) is 0. The maximum atomic E-state index is 10.7. The van der Waals surface area contributed by atoms with Gasteiger partial charge in [0.25, 0.3) is 0 Å². The Morgan fingerprint density at radius 3 is 2.71 bits per heavy atom. The molecule has 2 amide bonds. The second kappa shape index (κ2) is 4.27. The Hall–Kier alpha value is -2.04. The van der Waals surface area contributed by atoms with Crippen molar-refractivity contribution in [1.29, 1.82) is 0 Å². The zero-order valence-corrected chi connectivity index (χ0v) is 7.61. The summed E-state index contributed by atoms with van der Waals surface area (Å²) in [5.41, 5.74) is 5.38. The van der Waals surface area contributed by atoms with Gasteiger partial charge in [-0.1, -0.05) is 6.07 Å². The maximum absolute atomic E-state index is 10.7. The van der Waals surface area contributed by atoms with Crippen molar-refractivity contribution in [2.45, 2.75) is 6.92 Å². The molecule has 0 aromatic heterocycles. The highest BCUT2D eigenvalue weighted by molar-refractivity contribution is 5.88. The zero-order chi connectivity index (χ0) is 10.6. The van der Waals surface area contributed by atoms with E-state index in [1.807, 2.05) is 0 Å². The number of benzene rings is 1. The fraction of sp³-hybridized carbons (Fsp3) is 0.111. The molecule has 0 saturated heterocycles. The first-order valence-corrected chi connectivity index (χ1v) is 3.93. The molecule has 0 aliphatic carbocycles. The third kappa shape index (κ3) is 3.14. The lowest BCUT2D eigenvalue weighted by Gasteiger charge is -2.04. The lowest BCUT2D eigenvalue weighted by atomic mass is 10.3. The van der Waals surface area contributed by atoms with Gasteiger partial charge in [0, 0.05) is 18.7 Å². The van der Waals surface area contributed by atoms with E-state index in [0.717, 1.165) is 0 Å². The van der Waals surface area contributed by atoms with E-state index in [9.17, 15) is 9.59 Å². The molecule has 0 heterocycles. The molecule has 0 fully saturated rings. The normalized spacial score (nSPS) is 9.21. The highest BCUT2D eigenvalue weighted by Gasteiger charge is 2.00. The quantitative estimate of drug-likeness (QED) is 0.739. The standard InChI is InChI=1S/C9H10N2O3/c1-6(12)11-7-3-2-4-8(5-7)14-9(10)13/h2-5H,1H3,(H2,10,13)(H,11,12). The van der Waals surface area contributed by atoms with Crippen LogP contribution in [0.25, 0.3) is 0 Å². The molecule has 5 nitrogen and oxygen atoms in total. The minimum atomic E-state index is -0.884. The number of anilines is 1. The lowest BCUT2D eigenvalue weighted by Crippen LogP contribution is -2.16. The third-order valence-electron chi connectivity index (χ3n) is 1.37. The van der Waals surface area contributed by atoms with Crippen LogP contribution in [0.15, 0.2) is 24.3 Å². The summed E-state index contributed by atoms with van der Waals surface area (Å²) in [6.07, 6.45) is -0.884. The number of carbonyl (C=O) groups excluding carboxylic acids is 2. The predicted octanol–water partition coefficient (Wildman–Crippen LogP) is 1.10. The van der Waals surface area contributed by atoms with Crippen LogP contribution in [0.3, 0.4) is 0 Å². The topological polar surface area (TPSA) is 81.4 Å². The molecular formula is C9H10N2O3. The van der Waals surface area contributed by atoms with Crippen LogP contribution in [0.5, 0.6) is 5.75 Å². The van der Waals surface area contributed by atoms with E-state index in [-0.39, 0.29) is 5.91 Å². The van der Waals surface area contributed by atoms with Gasteiger partial charge in [-0.15, -0.1) is 0 Å². The van der Waals surface area contributed by atoms with Crippen molar-refractivity contribution in [2.24, 2.45) is 5.73 Å². The summed E-state index contributed by atoms with van der Waals surface area (Å²) < 4.78 is 4.62. The average Bonchev–Trinajstić information content (AvgIpc) is 2.01. The van der Waals surface area contributed by atoms with E-state index in [1.165, 1.54) is 13.0 Å². The fourth-order valence-electron chi connectivity index (χ4n) is 0.957. The molecule has 14 heavy (non-hydrogen) atoms. The van der Waals surface area contributed by atoms with E-state index in [1.54, 1.807) is 18.2 Å². The number of hydrogen-bond donors (Lipinski definition) is 2. The Balaban J connectivity index is 2.78. The van der Waals surface area contributed by atoms with E-state index < -0.39 is 6.09 Å². The molecule has 3 N–H and O–H groups in total. The van der Waals surface area contributed by atoms with Crippen molar-refractivity contribution < 1.29 is 14.3 Å². The summed E-state index contributed by atoms with van der Waals surface area (Å²) in [6.45, 7) is 1.39. The molecule has 0 radical (unpaired) electrons. The van der Waals surface area contributed by atoms with Crippen LogP contribution in [0.4, 0.5) is 10.5 Å². The van der Waals surface area contributed by atoms with Gasteiger partial charge in [0.05, 0.1) is 0 Å². The Kier molecular flexibility index (Phi) is 3.06. The van der Waals surface area contributed by atoms with Gasteiger partial charge in [-0.3, -0.25) is 4.79 Å². The van der Waals surface area contributed by atoms with Crippen molar-refractivity contribution in [3.05, 3.63) is 24.3 Å². The van der Waals surface area contributed by atoms with E-state index in [2.05, 4.69) is 10.1 Å². The van der Waals surface area contributed by atoms with Crippen molar-refractivity contribution >= 4 is 17.7 Å². The maximum Gasteiger partial charge on any atom is 0.409 e. The summed E-state index contributed by atoms with van der Waals surface area (Å²) >= 11 is 0. The molecule has 74 valence electrons. The van der Waals surface area contributed by atoms with Crippen LogP contribution in [-0.4, -0.2) is 12.0 Å². The Morgan fingerprint density at radius 2 is 2.14 bits per heavy atom. The molecule has 0 bridgehead atoms. The molecule has 1 aromatic rings. The zero-order valence-electron chi connectivity index (χ0n) is 7.61. The monoisotopic (exact) mass is 194 g/mol. The second-order valence-electron chi connectivity index (χ2n) is 2.63. The Labute approximate surface area is 80.9 Å². The molecule has 0 spiro atoms. The van der Waals surface area contributed by atoms with E-state index in [0.29, 0.717) is 11.4 Å². The highest BCUT2D eigenvalue weighted by atomic mass is 16.5. The van der Waals surface area contributed by atoms with Gasteiger partial charge >= 0.3 is 6.09 Å². The van der Waals surface area contributed by atoms with Gasteiger partial charge in [-0.2, -0.15) is 0 Å².